The average Bonchev–Trinajstić information content (AvgIpc) is 2.76. The van der Waals surface area contributed by atoms with Crippen molar-refractivity contribution >= 4 is 31.5 Å². The molecule has 0 heterocycles. The molecular formula is C25H38BNaO7. The average molecular weight is 484 g/mol. The third kappa shape index (κ3) is 34.2. The first-order valence-corrected chi connectivity index (χ1v) is 10.6. The number of carbonyl (C=O) groups excluding carboxylic acids is 4. The van der Waals surface area contributed by atoms with Crippen molar-refractivity contribution in [1.29, 1.82) is 0 Å². The molecule has 184 valence electrons. The molecule has 0 bridgehead atoms. The number of hydrogen-bond donors (Lipinski definition) is 0. The number of hydrogen-bond acceptors (Lipinski definition) is 7. The molecule has 9 heteroatoms. The Labute approximate surface area is 228 Å². The number of rotatable bonds is 4. The fourth-order valence-electron chi connectivity index (χ4n) is 1.55. The van der Waals surface area contributed by atoms with E-state index in [1.54, 1.807) is 0 Å². The van der Waals surface area contributed by atoms with Gasteiger partial charge >= 0.3 is 36.9 Å². The molecule has 0 saturated heterocycles. The van der Waals surface area contributed by atoms with E-state index in [1.807, 2.05) is 57.2 Å². The molecule has 2 aromatic rings. The summed E-state index contributed by atoms with van der Waals surface area (Å²) in [6.07, 6.45) is 1.51. The largest absolute Gasteiger partial charge is 1.00 e. The molecule has 0 aliphatic rings. The molecule has 0 fully saturated rings. The van der Waals surface area contributed by atoms with E-state index in [-0.39, 0.29) is 31.0 Å². The molecule has 0 unspecified atom stereocenters. The van der Waals surface area contributed by atoms with Gasteiger partial charge < -0.3 is 20.2 Å². The van der Waals surface area contributed by atoms with Crippen LogP contribution in [0.15, 0.2) is 60.7 Å². The van der Waals surface area contributed by atoms with Crippen LogP contribution >= 0.6 is 0 Å². The van der Waals surface area contributed by atoms with E-state index in [2.05, 4.69) is 52.1 Å². The van der Waals surface area contributed by atoms with Crippen LogP contribution in [0.2, 0.25) is 0 Å². The van der Waals surface area contributed by atoms with Gasteiger partial charge in [0.25, 0.3) is 17.9 Å². The van der Waals surface area contributed by atoms with Gasteiger partial charge in [0.2, 0.25) is 0 Å². The smallest absolute Gasteiger partial charge is 1.00 e. The van der Waals surface area contributed by atoms with Crippen LogP contribution < -0.4 is 29.6 Å². The Morgan fingerprint density at radius 3 is 1.09 bits per heavy atom. The zero-order valence-electron chi connectivity index (χ0n) is 23.0. The molecule has 0 N–H and O–H groups in total. The van der Waals surface area contributed by atoms with Crippen LogP contribution in [0.3, 0.4) is 0 Å². The number of aryl methyl sites for hydroxylation is 2. The van der Waals surface area contributed by atoms with Gasteiger partial charge in [0.1, 0.15) is 6.29 Å². The summed E-state index contributed by atoms with van der Waals surface area (Å²) in [4.78, 5) is 40.4. The summed E-state index contributed by atoms with van der Waals surface area (Å²) in [7, 11) is -1.59. The Morgan fingerprint density at radius 1 is 0.735 bits per heavy atom. The normalized spacial score (nSPS) is 7.76. The van der Waals surface area contributed by atoms with Gasteiger partial charge in [-0.3, -0.25) is 14.4 Å². The molecule has 0 amide bonds. The predicted molar refractivity (Wildman–Crippen MR) is 132 cm³/mol. The minimum atomic E-state index is -1.59. The van der Waals surface area contributed by atoms with Gasteiger partial charge in [-0.15, -0.1) is 0 Å². The van der Waals surface area contributed by atoms with E-state index in [0.29, 0.717) is 6.42 Å². The number of aldehydes is 1. The maximum absolute atomic E-state index is 10.4. The van der Waals surface area contributed by atoms with Crippen molar-refractivity contribution in [1.82, 2.24) is 0 Å². The van der Waals surface area contributed by atoms with Gasteiger partial charge in [0, 0.05) is 27.2 Å². The molecule has 34 heavy (non-hydrogen) atoms. The van der Waals surface area contributed by atoms with Gasteiger partial charge in [0.05, 0.1) is 0 Å². The third-order valence-electron chi connectivity index (χ3n) is 2.83. The van der Waals surface area contributed by atoms with E-state index in [9.17, 15) is 19.2 Å². The van der Waals surface area contributed by atoms with Crippen molar-refractivity contribution in [2.45, 2.75) is 61.8 Å². The standard InChI is InChI=1S/2C7H8.C6H9BO6.C3H6O.C2H6.Na.H/c2*1-7-5-3-2-4-6-7;1-4(8)11-7(12-5(2)9)13-6(3)10;1-2-3-4;1-2;;/h2*2-6H,1H3;1-3H3;3H,2H2,1H3;1-2H3;;/q;;;;;+1;-1. The molecule has 0 aromatic heterocycles. The van der Waals surface area contributed by atoms with Gasteiger partial charge in [-0.25, -0.2) is 0 Å². The third-order valence-corrected chi connectivity index (χ3v) is 2.83. The Morgan fingerprint density at radius 2 is 0.971 bits per heavy atom. The molecule has 2 rings (SSSR count). The maximum Gasteiger partial charge on any atom is 1.00 e. The molecule has 0 aliphatic carbocycles. The summed E-state index contributed by atoms with van der Waals surface area (Å²) in [6.45, 7) is 13.3. The van der Waals surface area contributed by atoms with Crippen LogP contribution in [0.1, 0.15) is 60.5 Å². The van der Waals surface area contributed by atoms with Crippen LogP contribution in [0.25, 0.3) is 0 Å². The van der Waals surface area contributed by atoms with E-state index in [4.69, 9.17) is 0 Å². The molecule has 7 nitrogen and oxygen atoms in total. The van der Waals surface area contributed by atoms with Crippen LogP contribution in [0, 0.1) is 13.8 Å². The maximum atomic E-state index is 10.4. The molecule has 0 saturated carbocycles. The summed E-state index contributed by atoms with van der Waals surface area (Å²) in [6, 6.07) is 20.5. The first-order chi connectivity index (χ1) is 15.6. The Balaban J connectivity index is -0.000000117. The van der Waals surface area contributed by atoms with E-state index in [1.165, 1.54) is 11.1 Å². The minimum Gasteiger partial charge on any atom is -1.00 e. The first-order valence-electron chi connectivity index (χ1n) is 10.6. The van der Waals surface area contributed by atoms with E-state index < -0.39 is 25.2 Å². The summed E-state index contributed by atoms with van der Waals surface area (Å²) < 4.78 is 13.0. The second-order valence-electron chi connectivity index (χ2n) is 6.00. The van der Waals surface area contributed by atoms with Crippen molar-refractivity contribution in [3.05, 3.63) is 71.8 Å². The molecule has 0 atom stereocenters. The van der Waals surface area contributed by atoms with Gasteiger partial charge in [-0.2, -0.15) is 0 Å². The van der Waals surface area contributed by atoms with Crippen molar-refractivity contribution in [2.75, 3.05) is 0 Å². The molecule has 0 radical (unpaired) electrons. The Hall–Kier alpha value is -2.42. The molecule has 0 aliphatic heterocycles. The topological polar surface area (TPSA) is 96.0 Å². The monoisotopic (exact) mass is 484 g/mol. The van der Waals surface area contributed by atoms with Gasteiger partial charge in [-0.1, -0.05) is 92.6 Å². The number of benzene rings is 2. The predicted octanol–water partition coefficient (Wildman–Crippen LogP) is 2.39. The molecular weight excluding hydrogens is 446 g/mol. The SMILES string of the molecule is CC.CC(=O)OB(OC(C)=O)OC(C)=O.CCC=O.Cc1ccccc1.Cc1ccccc1.[H-].[Na+]. The van der Waals surface area contributed by atoms with Crippen molar-refractivity contribution in [2.24, 2.45) is 0 Å². The fourth-order valence-corrected chi connectivity index (χ4v) is 1.55. The Bertz CT molecular complexity index is 687. The second-order valence-corrected chi connectivity index (χ2v) is 6.00. The number of carbonyl (C=O) groups is 4. The van der Waals surface area contributed by atoms with Crippen molar-refractivity contribution in [3.8, 4) is 0 Å². The zero-order valence-corrected chi connectivity index (χ0v) is 24.0. The van der Waals surface area contributed by atoms with Crippen molar-refractivity contribution in [3.63, 3.8) is 0 Å². The van der Waals surface area contributed by atoms with Crippen molar-refractivity contribution < 1.29 is 64.1 Å². The quantitative estimate of drug-likeness (QED) is 0.486. The van der Waals surface area contributed by atoms with Crippen LogP contribution in [-0.4, -0.2) is 31.5 Å². The summed E-state index contributed by atoms with van der Waals surface area (Å²) >= 11 is 0. The van der Waals surface area contributed by atoms with Crippen LogP contribution in [-0.2, 0) is 33.1 Å². The molecule has 2 aromatic carbocycles. The van der Waals surface area contributed by atoms with Gasteiger partial charge in [0.15, 0.2) is 0 Å². The summed E-state index contributed by atoms with van der Waals surface area (Å²) in [5.74, 6) is -2.15. The fraction of sp³-hybridized carbons (Fsp3) is 0.360. The minimum absolute atomic E-state index is 0. The Kier molecular flexibility index (Phi) is 32.7. The van der Waals surface area contributed by atoms with Gasteiger partial charge in [-0.05, 0) is 13.8 Å². The molecule has 0 spiro atoms. The summed E-state index contributed by atoms with van der Waals surface area (Å²) in [5.41, 5.74) is 2.64. The van der Waals surface area contributed by atoms with E-state index >= 15 is 0 Å². The second kappa shape index (κ2) is 28.6. The van der Waals surface area contributed by atoms with E-state index in [0.717, 1.165) is 27.1 Å². The zero-order chi connectivity index (χ0) is 26.1. The van der Waals surface area contributed by atoms with Crippen LogP contribution in [0.5, 0.6) is 0 Å². The summed E-state index contributed by atoms with van der Waals surface area (Å²) in [5, 5.41) is 0. The first kappa shape index (κ1) is 38.8. The van der Waals surface area contributed by atoms with Crippen LogP contribution in [0.4, 0.5) is 0 Å².